The van der Waals surface area contributed by atoms with Gasteiger partial charge in [0.2, 0.25) is 11.8 Å². The lowest BCUT2D eigenvalue weighted by Gasteiger charge is -2.27. The van der Waals surface area contributed by atoms with Crippen molar-refractivity contribution in [2.75, 3.05) is 46.4 Å². The van der Waals surface area contributed by atoms with Gasteiger partial charge in [0.25, 0.3) is 0 Å². The van der Waals surface area contributed by atoms with Crippen molar-refractivity contribution in [2.45, 2.75) is 12.8 Å². The first-order valence-electron chi connectivity index (χ1n) is 5.98. The smallest absolute Gasteiger partial charge is 0.242 e. The van der Waals surface area contributed by atoms with E-state index < -0.39 is 0 Å². The maximum absolute atomic E-state index is 11.7. The topological polar surface area (TPSA) is 70.7 Å². The van der Waals surface area contributed by atoms with Crippen molar-refractivity contribution in [2.24, 2.45) is 0 Å². The number of amides is 2. The summed E-state index contributed by atoms with van der Waals surface area (Å²) < 4.78 is 4.85. The van der Waals surface area contributed by atoms with Crippen LogP contribution in [0.3, 0.4) is 0 Å². The fourth-order valence-corrected chi connectivity index (χ4v) is 1.67. The summed E-state index contributed by atoms with van der Waals surface area (Å²) in [5.41, 5.74) is 0. The summed E-state index contributed by atoms with van der Waals surface area (Å²) in [6.07, 6.45) is 1.09. The summed E-state index contributed by atoms with van der Waals surface area (Å²) >= 11 is 0. The van der Waals surface area contributed by atoms with Crippen LogP contribution in [-0.4, -0.2) is 63.2 Å². The quantitative estimate of drug-likeness (QED) is 0.585. The minimum absolute atomic E-state index is 0.00779. The highest BCUT2D eigenvalue weighted by atomic mass is 16.5. The molecule has 0 aromatic rings. The molecule has 1 aliphatic heterocycles. The van der Waals surface area contributed by atoms with E-state index in [1.807, 2.05) is 0 Å². The first kappa shape index (κ1) is 13.9. The number of rotatable bonds is 6. The molecule has 17 heavy (non-hydrogen) atoms. The normalized spacial score (nSPS) is 15.7. The van der Waals surface area contributed by atoms with E-state index in [-0.39, 0.29) is 18.4 Å². The Bertz CT molecular complexity index is 252. The molecule has 2 N–H and O–H groups in total. The zero-order chi connectivity index (χ0) is 12.5. The van der Waals surface area contributed by atoms with Gasteiger partial charge in [0, 0.05) is 46.3 Å². The summed E-state index contributed by atoms with van der Waals surface area (Å²) in [6.45, 7) is 3.77. The lowest BCUT2D eigenvalue weighted by molar-refractivity contribution is -0.133. The van der Waals surface area contributed by atoms with Crippen LogP contribution in [0.4, 0.5) is 0 Å². The van der Waals surface area contributed by atoms with Gasteiger partial charge in [-0.3, -0.25) is 9.59 Å². The molecular formula is C11H21N3O3. The van der Waals surface area contributed by atoms with E-state index in [4.69, 9.17) is 4.74 Å². The van der Waals surface area contributed by atoms with E-state index in [1.165, 1.54) is 0 Å². The van der Waals surface area contributed by atoms with E-state index >= 15 is 0 Å². The molecule has 1 rings (SSSR count). The molecule has 0 aliphatic carbocycles. The minimum atomic E-state index is -0.0921. The third-order valence-corrected chi connectivity index (χ3v) is 2.66. The summed E-state index contributed by atoms with van der Waals surface area (Å²) in [6, 6.07) is 0. The van der Waals surface area contributed by atoms with Crippen molar-refractivity contribution in [3.63, 3.8) is 0 Å². The molecule has 0 unspecified atom stereocenters. The van der Waals surface area contributed by atoms with Crippen molar-refractivity contribution >= 4 is 11.8 Å². The van der Waals surface area contributed by atoms with Crippen LogP contribution in [0, 0.1) is 0 Å². The average molecular weight is 243 g/mol. The number of carbonyl (C=O) groups is 2. The van der Waals surface area contributed by atoms with Crippen LogP contribution >= 0.6 is 0 Å². The Morgan fingerprint density at radius 1 is 1.35 bits per heavy atom. The fraction of sp³-hybridized carbons (Fsp3) is 0.818. The Balaban J connectivity index is 2.11. The molecule has 0 saturated carbocycles. The standard InChI is InChI=1S/C11H21N3O3/c1-17-8-2-3-10(15)13-9-11(16)14-6-4-12-5-7-14/h12H,2-9H2,1H3,(H,13,15). The van der Waals surface area contributed by atoms with Crippen LogP contribution in [0.15, 0.2) is 0 Å². The highest BCUT2D eigenvalue weighted by Crippen LogP contribution is 1.93. The van der Waals surface area contributed by atoms with E-state index in [0.717, 1.165) is 26.2 Å². The molecule has 0 spiro atoms. The number of carbonyl (C=O) groups excluding carboxylic acids is 2. The van der Waals surface area contributed by atoms with Crippen molar-refractivity contribution in [1.82, 2.24) is 15.5 Å². The van der Waals surface area contributed by atoms with Crippen LogP contribution in [-0.2, 0) is 14.3 Å². The zero-order valence-electron chi connectivity index (χ0n) is 10.3. The molecule has 0 aromatic heterocycles. The van der Waals surface area contributed by atoms with Crippen molar-refractivity contribution < 1.29 is 14.3 Å². The Hall–Kier alpha value is -1.14. The van der Waals surface area contributed by atoms with Crippen LogP contribution in [0.2, 0.25) is 0 Å². The maximum atomic E-state index is 11.7. The van der Waals surface area contributed by atoms with Crippen molar-refractivity contribution in [1.29, 1.82) is 0 Å². The molecule has 0 bridgehead atoms. The van der Waals surface area contributed by atoms with Gasteiger partial charge in [-0.2, -0.15) is 0 Å². The van der Waals surface area contributed by atoms with Crippen LogP contribution in [0.25, 0.3) is 0 Å². The SMILES string of the molecule is COCCCC(=O)NCC(=O)N1CCNCC1. The average Bonchev–Trinajstić information content (AvgIpc) is 2.37. The number of methoxy groups -OCH3 is 1. The highest BCUT2D eigenvalue weighted by Gasteiger charge is 2.16. The number of nitrogens with zero attached hydrogens (tertiary/aromatic N) is 1. The molecular weight excluding hydrogens is 222 g/mol. The second-order valence-corrected chi connectivity index (χ2v) is 4.00. The van der Waals surface area contributed by atoms with E-state index in [0.29, 0.717) is 19.4 Å². The van der Waals surface area contributed by atoms with Gasteiger partial charge < -0.3 is 20.3 Å². The Morgan fingerprint density at radius 2 is 2.06 bits per heavy atom. The summed E-state index contributed by atoms with van der Waals surface area (Å²) in [7, 11) is 1.60. The van der Waals surface area contributed by atoms with E-state index in [2.05, 4.69) is 10.6 Å². The first-order valence-corrected chi connectivity index (χ1v) is 5.98. The van der Waals surface area contributed by atoms with Crippen molar-refractivity contribution in [3.05, 3.63) is 0 Å². The molecule has 1 fully saturated rings. The zero-order valence-corrected chi connectivity index (χ0v) is 10.3. The van der Waals surface area contributed by atoms with Gasteiger partial charge in [-0.15, -0.1) is 0 Å². The molecule has 2 amide bonds. The number of nitrogens with one attached hydrogen (secondary N) is 2. The summed E-state index contributed by atoms with van der Waals surface area (Å²) in [5, 5.41) is 5.81. The van der Waals surface area contributed by atoms with Crippen LogP contribution in [0.1, 0.15) is 12.8 Å². The van der Waals surface area contributed by atoms with Gasteiger partial charge in [-0.05, 0) is 6.42 Å². The lowest BCUT2D eigenvalue weighted by Crippen LogP contribution is -2.49. The molecule has 1 heterocycles. The Morgan fingerprint density at radius 3 is 2.71 bits per heavy atom. The molecule has 0 aromatic carbocycles. The lowest BCUT2D eigenvalue weighted by atomic mass is 10.3. The molecule has 98 valence electrons. The number of hydrogen-bond acceptors (Lipinski definition) is 4. The molecule has 6 nitrogen and oxygen atoms in total. The monoisotopic (exact) mass is 243 g/mol. The summed E-state index contributed by atoms with van der Waals surface area (Å²) in [5.74, 6) is -0.0999. The van der Waals surface area contributed by atoms with Crippen LogP contribution in [0.5, 0.6) is 0 Å². The molecule has 0 radical (unpaired) electrons. The minimum Gasteiger partial charge on any atom is -0.385 e. The molecule has 0 atom stereocenters. The van der Waals surface area contributed by atoms with Gasteiger partial charge >= 0.3 is 0 Å². The predicted molar refractivity (Wildman–Crippen MR) is 63.6 cm³/mol. The number of ether oxygens (including phenoxy) is 1. The Kier molecular flexibility index (Phi) is 6.57. The van der Waals surface area contributed by atoms with Crippen molar-refractivity contribution in [3.8, 4) is 0 Å². The van der Waals surface area contributed by atoms with E-state index in [1.54, 1.807) is 12.0 Å². The van der Waals surface area contributed by atoms with Gasteiger partial charge in [0.05, 0.1) is 6.54 Å². The highest BCUT2D eigenvalue weighted by molar-refractivity contribution is 5.84. The van der Waals surface area contributed by atoms with Gasteiger partial charge in [0.1, 0.15) is 0 Å². The third kappa shape index (κ3) is 5.65. The predicted octanol–water partition coefficient (Wildman–Crippen LogP) is -1.04. The first-order chi connectivity index (χ1) is 8.24. The molecule has 6 heteroatoms. The largest absolute Gasteiger partial charge is 0.385 e. The van der Waals surface area contributed by atoms with Gasteiger partial charge in [-0.25, -0.2) is 0 Å². The molecule has 1 aliphatic rings. The Labute approximate surface area is 102 Å². The summed E-state index contributed by atoms with van der Waals surface area (Å²) in [4.78, 5) is 24.8. The second kappa shape index (κ2) is 8.03. The third-order valence-electron chi connectivity index (χ3n) is 2.66. The maximum Gasteiger partial charge on any atom is 0.242 e. The van der Waals surface area contributed by atoms with Gasteiger partial charge in [0.15, 0.2) is 0 Å². The fourth-order valence-electron chi connectivity index (χ4n) is 1.67. The number of hydrogen-bond donors (Lipinski definition) is 2. The number of piperazine rings is 1. The van der Waals surface area contributed by atoms with E-state index in [9.17, 15) is 9.59 Å². The molecule has 1 saturated heterocycles. The van der Waals surface area contributed by atoms with Gasteiger partial charge in [-0.1, -0.05) is 0 Å². The second-order valence-electron chi connectivity index (χ2n) is 4.00. The van der Waals surface area contributed by atoms with Crippen LogP contribution < -0.4 is 10.6 Å².